The summed E-state index contributed by atoms with van der Waals surface area (Å²) in [6.07, 6.45) is 6.31. The number of aliphatic carboxylic acids is 1. The maximum Gasteiger partial charge on any atom is 0.329 e. The first-order chi connectivity index (χ1) is 9.44. The molecule has 0 saturated heterocycles. The fraction of sp³-hybridized carbons (Fsp3) is 0.867. The van der Waals surface area contributed by atoms with Crippen molar-refractivity contribution in [3.8, 4) is 0 Å². The van der Waals surface area contributed by atoms with Crippen molar-refractivity contribution in [1.82, 2.24) is 5.32 Å². The quantitative estimate of drug-likeness (QED) is 0.731. The first-order valence-electron chi connectivity index (χ1n) is 7.70. The minimum Gasteiger partial charge on any atom is -0.480 e. The molecule has 0 aliphatic heterocycles. The van der Waals surface area contributed by atoms with Crippen molar-refractivity contribution in [1.29, 1.82) is 0 Å². The van der Waals surface area contributed by atoms with Crippen molar-refractivity contribution in [2.45, 2.75) is 63.8 Å². The van der Waals surface area contributed by atoms with Gasteiger partial charge in [0.25, 0.3) is 0 Å². The summed E-state index contributed by atoms with van der Waals surface area (Å²) in [7, 11) is 0. The Labute approximate surface area is 120 Å². The van der Waals surface area contributed by atoms with Crippen molar-refractivity contribution in [2.24, 2.45) is 17.1 Å². The molecule has 0 unspecified atom stereocenters. The summed E-state index contributed by atoms with van der Waals surface area (Å²) in [5, 5.41) is 12.3. The average Bonchev–Trinajstić information content (AvgIpc) is 2.90. The van der Waals surface area contributed by atoms with Crippen LogP contribution in [0.1, 0.15) is 58.3 Å². The Hall–Kier alpha value is -1.10. The first kappa shape index (κ1) is 15.3. The molecular formula is C15H26N2O3. The molecule has 0 heterocycles. The van der Waals surface area contributed by atoms with E-state index < -0.39 is 16.9 Å². The Bertz CT molecular complexity index is 381. The molecule has 5 nitrogen and oxygen atoms in total. The molecule has 2 fully saturated rings. The molecule has 114 valence electrons. The van der Waals surface area contributed by atoms with Gasteiger partial charge in [-0.1, -0.05) is 19.8 Å². The smallest absolute Gasteiger partial charge is 0.329 e. The molecule has 5 heteroatoms. The molecule has 4 N–H and O–H groups in total. The number of carbonyl (C=O) groups is 2. The molecule has 0 spiro atoms. The van der Waals surface area contributed by atoms with Gasteiger partial charge in [-0.25, -0.2) is 4.79 Å². The lowest BCUT2D eigenvalue weighted by atomic mass is 9.70. The van der Waals surface area contributed by atoms with Crippen molar-refractivity contribution in [2.75, 3.05) is 6.54 Å². The third-order valence-electron chi connectivity index (χ3n) is 5.32. The third-order valence-corrected chi connectivity index (χ3v) is 5.32. The predicted molar refractivity (Wildman–Crippen MR) is 76.1 cm³/mol. The maximum atomic E-state index is 12.7. The SMILES string of the molecule is CC1CCC(CN)(C(=O)NC2(C(=O)O)CCCC2)CC1. The van der Waals surface area contributed by atoms with Gasteiger partial charge in [-0.3, -0.25) is 4.79 Å². The summed E-state index contributed by atoms with van der Waals surface area (Å²) in [5.41, 5.74) is 4.26. The number of carbonyl (C=O) groups excluding carboxylic acids is 1. The fourth-order valence-corrected chi connectivity index (χ4v) is 3.56. The van der Waals surface area contributed by atoms with Gasteiger partial charge in [0.05, 0.1) is 5.41 Å². The van der Waals surface area contributed by atoms with Crippen LogP contribution in [-0.2, 0) is 9.59 Å². The molecule has 20 heavy (non-hydrogen) atoms. The van der Waals surface area contributed by atoms with Gasteiger partial charge in [0.2, 0.25) is 5.91 Å². The summed E-state index contributed by atoms with van der Waals surface area (Å²) >= 11 is 0. The van der Waals surface area contributed by atoms with E-state index in [-0.39, 0.29) is 5.91 Å². The summed E-state index contributed by atoms with van der Waals surface area (Å²) in [5.74, 6) is -0.418. The topological polar surface area (TPSA) is 92.4 Å². The van der Waals surface area contributed by atoms with Gasteiger partial charge in [0.15, 0.2) is 0 Å². The van der Waals surface area contributed by atoms with Crippen LogP contribution in [0.15, 0.2) is 0 Å². The molecule has 0 bridgehead atoms. The Balaban J connectivity index is 2.11. The number of hydrogen-bond donors (Lipinski definition) is 3. The van der Waals surface area contributed by atoms with Crippen molar-refractivity contribution >= 4 is 11.9 Å². The highest BCUT2D eigenvalue weighted by Gasteiger charge is 2.47. The molecular weight excluding hydrogens is 256 g/mol. The molecule has 0 aromatic heterocycles. The summed E-state index contributed by atoms with van der Waals surface area (Å²) < 4.78 is 0. The lowest BCUT2D eigenvalue weighted by Crippen LogP contribution is -2.58. The lowest BCUT2D eigenvalue weighted by molar-refractivity contribution is -0.150. The minimum absolute atomic E-state index is 0.142. The largest absolute Gasteiger partial charge is 0.480 e. The molecule has 2 rings (SSSR count). The Kier molecular flexibility index (Phi) is 4.37. The molecule has 0 radical (unpaired) electrons. The second-order valence-corrected chi connectivity index (χ2v) is 6.72. The van der Waals surface area contributed by atoms with E-state index in [2.05, 4.69) is 12.2 Å². The zero-order valence-corrected chi connectivity index (χ0v) is 12.3. The summed E-state index contributed by atoms with van der Waals surface area (Å²) in [6.45, 7) is 2.50. The summed E-state index contributed by atoms with van der Waals surface area (Å²) in [4.78, 5) is 24.2. The van der Waals surface area contributed by atoms with Gasteiger partial charge in [-0.2, -0.15) is 0 Å². The number of carboxylic acid groups (broad SMARTS) is 1. The number of rotatable bonds is 4. The molecule has 0 aromatic rings. The van der Waals surface area contributed by atoms with Crippen LogP contribution in [0.3, 0.4) is 0 Å². The van der Waals surface area contributed by atoms with E-state index in [0.717, 1.165) is 38.5 Å². The van der Waals surface area contributed by atoms with Crippen LogP contribution in [0.5, 0.6) is 0 Å². The van der Waals surface area contributed by atoms with E-state index in [1.54, 1.807) is 0 Å². The molecule has 2 aliphatic rings. The average molecular weight is 282 g/mol. The van der Waals surface area contributed by atoms with E-state index in [4.69, 9.17) is 5.73 Å². The van der Waals surface area contributed by atoms with Gasteiger partial charge in [-0.05, 0) is 44.4 Å². The van der Waals surface area contributed by atoms with E-state index >= 15 is 0 Å². The monoisotopic (exact) mass is 282 g/mol. The van der Waals surface area contributed by atoms with Crippen LogP contribution in [0.4, 0.5) is 0 Å². The normalized spacial score (nSPS) is 32.8. The molecule has 1 amide bonds. The van der Waals surface area contributed by atoms with Crippen LogP contribution in [0.2, 0.25) is 0 Å². The number of carboxylic acids is 1. The predicted octanol–water partition coefficient (Wildman–Crippen LogP) is 1.66. The molecule has 2 aliphatic carbocycles. The highest BCUT2D eigenvalue weighted by Crippen LogP contribution is 2.40. The number of nitrogens with one attached hydrogen (secondary N) is 1. The second kappa shape index (κ2) is 5.72. The maximum absolute atomic E-state index is 12.7. The highest BCUT2D eigenvalue weighted by atomic mass is 16.4. The number of amides is 1. The van der Waals surface area contributed by atoms with Gasteiger partial charge < -0.3 is 16.2 Å². The Morgan fingerprint density at radius 1 is 1.20 bits per heavy atom. The lowest BCUT2D eigenvalue weighted by Gasteiger charge is -2.39. The zero-order chi connectivity index (χ0) is 14.8. The molecule has 0 atom stereocenters. The number of hydrogen-bond acceptors (Lipinski definition) is 3. The van der Waals surface area contributed by atoms with Crippen molar-refractivity contribution in [3.05, 3.63) is 0 Å². The first-order valence-corrected chi connectivity index (χ1v) is 7.70. The molecule has 0 aromatic carbocycles. The second-order valence-electron chi connectivity index (χ2n) is 6.72. The molecule has 2 saturated carbocycles. The van der Waals surface area contributed by atoms with Crippen molar-refractivity contribution < 1.29 is 14.7 Å². The van der Waals surface area contributed by atoms with E-state index in [9.17, 15) is 14.7 Å². The third kappa shape index (κ3) is 2.68. The van der Waals surface area contributed by atoms with Gasteiger partial charge in [-0.15, -0.1) is 0 Å². The van der Waals surface area contributed by atoms with E-state index in [0.29, 0.717) is 25.3 Å². The summed E-state index contributed by atoms with van der Waals surface area (Å²) in [6, 6.07) is 0. The highest BCUT2D eigenvalue weighted by molar-refractivity contribution is 5.90. The van der Waals surface area contributed by atoms with Crippen LogP contribution in [0, 0.1) is 11.3 Å². The number of nitrogens with two attached hydrogens (primary N) is 1. The van der Waals surface area contributed by atoms with Crippen LogP contribution < -0.4 is 11.1 Å². The minimum atomic E-state index is -1.05. The van der Waals surface area contributed by atoms with Crippen molar-refractivity contribution in [3.63, 3.8) is 0 Å². The Morgan fingerprint density at radius 3 is 2.20 bits per heavy atom. The van der Waals surface area contributed by atoms with E-state index in [1.165, 1.54) is 0 Å². The zero-order valence-electron chi connectivity index (χ0n) is 12.3. The Morgan fingerprint density at radius 2 is 1.75 bits per heavy atom. The van der Waals surface area contributed by atoms with Crippen LogP contribution >= 0.6 is 0 Å². The van der Waals surface area contributed by atoms with Crippen LogP contribution in [-0.4, -0.2) is 29.1 Å². The van der Waals surface area contributed by atoms with Gasteiger partial charge >= 0.3 is 5.97 Å². The van der Waals surface area contributed by atoms with Gasteiger partial charge in [0, 0.05) is 6.54 Å². The fourth-order valence-electron chi connectivity index (χ4n) is 3.56. The van der Waals surface area contributed by atoms with Crippen LogP contribution in [0.25, 0.3) is 0 Å². The van der Waals surface area contributed by atoms with Gasteiger partial charge in [0.1, 0.15) is 5.54 Å². The van der Waals surface area contributed by atoms with E-state index in [1.807, 2.05) is 0 Å². The standard InChI is InChI=1S/C15H26N2O3/c1-11-4-8-14(10-16,9-5-11)12(18)17-15(13(19)20)6-2-3-7-15/h11H,2-10,16H2,1H3,(H,17,18)(H,19,20).